The molecule has 2 aromatic heterocycles. The molecule has 2 heterocycles. The largest absolute Gasteiger partial charge is 0.493 e. The Hall–Kier alpha value is -2.01. The monoisotopic (exact) mass is 290 g/mol. The molecule has 0 saturated carbocycles. The standard InChI is InChI=1S/C16H22N2O3/c1-4-5-14(19)12-7-9-18(10-12)11-13-16(21-3)15(20-2)6-8-17-13/h6-10,14,19H,4-5,11H2,1-3H3. The maximum Gasteiger partial charge on any atom is 0.184 e. The highest BCUT2D eigenvalue weighted by Gasteiger charge is 2.13. The Bertz CT molecular complexity index is 581. The van der Waals surface area contributed by atoms with E-state index in [0.29, 0.717) is 18.0 Å². The summed E-state index contributed by atoms with van der Waals surface area (Å²) in [4.78, 5) is 4.36. The molecule has 2 aromatic rings. The van der Waals surface area contributed by atoms with Gasteiger partial charge in [-0.1, -0.05) is 13.3 Å². The maximum absolute atomic E-state index is 10.0. The Balaban J connectivity index is 2.19. The lowest BCUT2D eigenvalue weighted by Crippen LogP contribution is -2.04. The predicted octanol–water partition coefficient (Wildman–Crippen LogP) is 2.78. The average molecular weight is 290 g/mol. The number of aromatic nitrogens is 2. The van der Waals surface area contributed by atoms with E-state index in [9.17, 15) is 5.11 Å². The second-order valence-electron chi connectivity index (χ2n) is 4.91. The molecule has 1 unspecified atom stereocenters. The second kappa shape index (κ2) is 7.13. The van der Waals surface area contributed by atoms with Crippen molar-refractivity contribution in [2.24, 2.45) is 0 Å². The number of aliphatic hydroxyl groups excluding tert-OH is 1. The van der Waals surface area contributed by atoms with Crippen molar-refractivity contribution in [2.75, 3.05) is 14.2 Å². The van der Waals surface area contributed by atoms with Crippen LogP contribution in [0.15, 0.2) is 30.7 Å². The van der Waals surface area contributed by atoms with E-state index in [4.69, 9.17) is 9.47 Å². The van der Waals surface area contributed by atoms with Gasteiger partial charge in [0.15, 0.2) is 11.5 Å². The lowest BCUT2D eigenvalue weighted by molar-refractivity contribution is 0.166. The number of rotatable bonds is 7. The van der Waals surface area contributed by atoms with Crippen LogP contribution in [0.5, 0.6) is 11.5 Å². The van der Waals surface area contributed by atoms with Crippen molar-refractivity contribution in [3.8, 4) is 11.5 Å². The van der Waals surface area contributed by atoms with Gasteiger partial charge >= 0.3 is 0 Å². The van der Waals surface area contributed by atoms with E-state index >= 15 is 0 Å². The van der Waals surface area contributed by atoms with E-state index in [2.05, 4.69) is 11.9 Å². The molecule has 5 heteroatoms. The minimum absolute atomic E-state index is 0.406. The third kappa shape index (κ3) is 3.55. The van der Waals surface area contributed by atoms with E-state index in [0.717, 1.165) is 24.1 Å². The summed E-state index contributed by atoms with van der Waals surface area (Å²) >= 11 is 0. The first kappa shape index (κ1) is 15.4. The maximum atomic E-state index is 10.0. The van der Waals surface area contributed by atoms with Crippen LogP contribution in [0, 0.1) is 0 Å². The Morgan fingerprint density at radius 3 is 2.76 bits per heavy atom. The van der Waals surface area contributed by atoms with Crippen LogP contribution in [0.2, 0.25) is 0 Å². The summed E-state index contributed by atoms with van der Waals surface area (Å²) in [5.41, 5.74) is 1.72. The van der Waals surface area contributed by atoms with Crippen LogP contribution in [-0.4, -0.2) is 28.9 Å². The predicted molar refractivity (Wildman–Crippen MR) is 80.7 cm³/mol. The number of nitrogens with zero attached hydrogens (tertiary/aromatic N) is 2. The zero-order valence-electron chi connectivity index (χ0n) is 12.7. The SMILES string of the molecule is CCCC(O)c1ccn(Cc2nccc(OC)c2OC)c1. The summed E-state index contributed by atoms with van der Waals surface area (Å²) in [7, 11) is 3.21. The van der Waals surface area contributed by atoms with Crippen molar-refractivity contribution in [2.45, 2.75) is 32.4 Å². The normalized spacial score (nSPS) is 12.2. The number of ether oxygens (including phenoxy) is 2. The molecule has 0 saturated heterocycles. The van der Waals surface area contributed by atoms with Crippen LogP contribution in [0.25, 0.3) is 0 Å². The van der Waals surface area contributed by atoms with Gasteiger partial charge in [-0.2, -0.15) is 0 Å². The highest BCUT2D eigenvalue weighted by Crippen LogP contribution is 2.29. The van der Waals surface area contributed by atoms with Gasteiger partial charge in [0.1, 0.15) is 5.69 Å². The summed E-state index contributed by atoms with van der Waals surface area (Å²) in [5.74, 6) is 1.31. The number of hydrogen-bond acceptors (Lipinski definition) is 4. The van der Waals surface area contributed by atoms with Gasteiger partial charge in [0.25, 0.3) is 0 Å². The van der Waals surface area contributed by atoms with E-state index in [-0.39, 0.29) is 0 Å². The van der Waals surface area contributed by atoms with Gasteiger partial charge in [0.2, 0.25) is 0 Å². The van der Waals surface area contributed by atoms with Crippen LogP contribution >= 0.6 is 0 Å². The molecule has 0 radical (unpaired) electrons. The lowest BCUT2D eigenvalue weighted by Gasteiger charge is -2.12. The molecular formula is C16H22N2O3. The van der Waals surface area contributed by atoms with E-state index in [1.54, 1.807) is 26.5 Å². The van der Waals surface area contributed by atoms with E-state index in [1.165, 1.54) is 0 Å². The lowest BCUT2D eigenvalue weighted by atomic mass is 10.1. The molecule has 1 N–H and O–H groups in total. The summed E-state index contributed by atoms with van der Waals surface area (Å²) in [6.45, 7) is 2.63. The topological polar surface area (TPSA) is 56.5 Å². The van der Waals surface area contributed by atoms with Gasteiger partial charge in [-0.15, -0.1) is 0 Å². The Morgan fingerprint density at radius 1 is 1.29 bits per heavy atom. The molecule has 0 bridgehead atoms. The first-order valence-electron chi connectivity index (χ1n) is 7.09. The minimum atomic E-state index is -0.406. The molecule has 1 atom stereocenters. The fourth-order valence-corrected chi connectivity index (χ4v) is 2.33. The average Bonchev–Trinajstić information content (AvgIpc) is 2.96. The van der Waals surface area contributed by atoms with Crippen LogP contribution in [-0.2, 0) is 6.54 Å². The van der Waals surface area contributed by atoms with Crippen LogP contribution in [0.3, 0.4) is 0 Å². The molecule has 0 aromatic carbocycles. The summed E-state index contributed by atoms with van der Waals surface area (Å²) in [6.07, 6.45) is 6.90. The van der Waals surface area contributed by atoms with Gasteiger partial charge in [0.05, 0.1) is 26.9 Å². The summed E-state index contributed by atoms with van der Waals surface area (Å²) < 4.78 is 12.6. The zero-order chi connectivity index (χ0) is 15.2. The summed E-state index contributed by atoms with van der Waals surface area (Å²) in [6, 6.07) is 3.71. The molecule has 5 nitrogen and oxygen atoms in total. The van der Waals surface area contributed by atoms with Gasteiger partial charge < -0.3 is 19.1 Å². The van der Waals surface area contributed by atoms with Gasteiger partial charge in [-0.05, 0) is 18.1 Å². The van der Waals surface area contributed by atoms with Crippen molar-refractivity contribution in [3.63, 3.8) is 0 Å². The molecule has 114 valence electrons. The number of pyridine rings is 1. The molecule has 0 amide bonds. The van der Waals surface area contributed by atoms with Crippen molar-refractivity contribution in [1.29, 1.82) is 0 Å². The Kier molecular flexibility index (Phi) is 5.22. The molecule has 21 heavy (non-hydrogen) atoms. The van der Waals surface area contributed by atoms with E-state index in [1.807, 2.05) is 23.0 Å². The summed E-state index contributed by atoms with van der Waals surface area (Å²) in [5, 5.41) is 10.0. The molecule has 0 aliphatic rings. The molecule has 2 rings (SSSR count). The molecule has 0 aliphatic carbocycles. The van der Waals surface area contributed by atoms with Crippen molar-refractivity contribution in [3.05, 3.63) is 42.0 Å². The van der Waals surface area contributed by atoms with Crippen molar-refractivity contribution >= 4 is 0 Å². The molecule has 0 aliphatic heterocycles. The number of methoxy groups -OCH3 is 2. The highest BCUT2D eigenvalue weighted by atomic mass is 16.5. The number of aliphatic hydroxyl groups is 1. The fraction of sp³-hybridized carbons (Fsp3) is 0.438. The third-order valence-electron chi connectivity index (χ3n) is 3.42. The van der Waals surface area contributed by atoms with Gasteiger partial charge in [0, 0.05) is 24.7 Å². The quantitative estimate of drug-likeness (QED) is 0.852. The van der Waals surface area contributed by atoms with Crippen molar-refractivity contribution < 1.29 is 14.6 Å². The molecular weight excluding hydrogens is 268 g/mol. The van der Waals surface area contributed by atoms with Crippen LogP contribution in [0.1, 0.15) is 37.1 Å². The number of hydrogen-bond donors (Lipinski definition) is 1. The molecule has 0 spiro atoms. The third-order valence-corrected chi connectivity index (χ3v) is 3.42. The van der Waals surface area contributed by atoms with Crippen LogP contribution in [0.4, 0.5) is 0 Å². The van der Waals surface area contributed by atoms with Crippen molar-refractivity contribution in [1.82, 2.24) is 9.55 Å². The van der Waals surface area contributed by atoms with Gasteiger partial charge in [-0.3, -0.25) is 4.98 Å². The van der Waals surface area contributed by atoms with Gasteiger partial charge in [-0.25, -0.2) is 0 Å². The Labute approximate surface area is 125 Å². The zero-order valence-corrected chi connectivity index (χ0v) is 12.7. The Morgan fingerprint density at radius 2 is 2.10 bits per heavy atom. The smallest absolute Gasteiger partial charge is 0.184 e. The fourth-order valence-electron chi connectivity index (χ4n) is 2.33. The molecule has 0 fully saturated rings. The minimum Gasteiger partial charge on any atom is -0.493 e. The first-order chi connectivity index (χ1) is 10.2. The second-order valence-corrected chi connectivity index (χ2v) is 4.91. The van der Waals surface area contributed by atoms with Crippen LogP contribution < -0.4 is 9.47 Å². The van der Waals surface area contributed by atoms with E-state index < -0.39 is 6.10 Å². The first-order valence-corrected chi connectivity index (χ1v) is 7.09. The highest BCUT2D eigenvalue weighted by molar-refractivity contribution is 5.42.